The average molecular weight is 227 g/mol. The van der Waals surface area contributed by atoms with Crippen LogP contribution in [0.3, 0.4) is 0 Å². The number of aromatic amines is 1. The Hall–Kier alpha value is -0.670. The van der Waals surface area contributed by atoms with Crippen molar-refractivity contribution < 1.29 is 0 Å². The normalized spacial score (nSPS) is 11.0. The van der Waals surface area contributed by atoms with E-state index in [-0.39, 0.29) is 0 Å². The Bertz CT molecular complexity index is 439. The van der Waals surface area contributed by atoms with E-state index < -0.39 is 0 Å². The molecule has 1 aromatic carbocycles. The quantitative estimate of drug-likeness (QED) is 0.871. The molecule has 1 heterocycles. The van der Waals surface area contributed by atoms with Crippen molar-refractivity contribution in [3.8, 4) is 0 Å². The number of H-pyrrole nitrogens is 1. The van der Waals surface area contributed by atoms with Crippen LogP contribution >= 0.6 is 23.4 Å². The minimum atomic E-state index is 0.748. The SMILES string of the molecule is CSCCc1nc2ccc(Cl)cc2[nH]1. The monoisotopic (exact) mass is 226 g/mol. The van der Waals surface area contributed by atoms with Gasteiger partial charge in [0.15, 0.2) is 0 Å². The first-order valence-electron chi connectivity index (χ1n) is 4.42. The molecule has 0 bridgehead atoms. The average Bonchev–Trinajstić information content (AvgIpc) is 2.56. The lowest BCUT2D eigenvalue weighted by molar-refractivity contribution is 1.01. The number of benzene rings is 1. The van der Waals surface area contributed by atoms with Crippen LogP contribution < -0.4 is 0 Å². The fraction of sp³-hybridized carbons (Fsp3) is 0.300. The highest BCUT2D eigenvalue weighted by Gasteiger charge is 2.02. The largest absolute Gasteiger partial charge is 0.342 e. The molecule has 0 aliphatic carbocycles. The van der Waals surface area contributed by atoms with Crippen molar-refractivity contribution >= 4 is 34.4 Å². The first-order valence-corrected chi connectivity index (χ1v) is 6.20. The van der Waals surface area contributed by atoms with Gasteiger partial charge in [0.2, 0.25) is 0 Å². The van der Waals surface area contributed by atoms with E-state index in [4.69, 9.17) is 11.6 Å². The van der Waals surface area contributed by atoms with E-state index in [1.807, 2.05) is 30.0 Å². The van der Waals surface area contributed by atoms with Gasteiger partial charge in [0, 0.05) is 17.2 Å². The Kier molecular flexibility index (Phi) is 2.99. The number of hydrogen-bond donors (Lipinski definition) is 1. The first-order chi connectivity index (χ1) is 6.79. The molecule has 0 atom stereocenters. The molecule has 0 fully saturated rings. The van der Waals surface area contributed by atoms with Gasteiger partial charge in [-0.25, -0.2) is 4.98 Å². The van der Waals surface area contributed by atoms with Crippen molar-refractivity contribution in [1.82, 2.24) is 9.97 Å². The predicted octanol–water partition coefficient (Wildman–Crippen LogP) is 3.12. The van der Waals surface area contributed by atoms with Crippen LogP contribution in [-0.2, 0) is 6.42 Å². The molecule has 74 valence electrons. The number of fused-ring (bicyclic) bond motifs is 1. The fourth-order valence-electron chi connectivity index (χ4n) is 1.35. The number of nitrogens with zero attached hydrogens (tertiary/aromatic N) is 1. The van der Waals surface area contributed by atoms with Crippen LogP contribution in [0.1, 0.15) is 5.82 Å². The molecule has 2 rings (SSSR count). The Balaban J connectivity index is 2.32. The van der Waals surface area contributed by atoms with Crippen molar-refractivity contribution in [1.29, 1.82) is 0 Å². The number of imidazole rings is 1. The smallest absolute Gasteiger partial charge is 0.108 e. The van der Waals surface area contributed by atoms with Crippen LogP contribution in [0.4, 0.5) is 0 Å². The van der Waals surface area contributed by atoms with Gasteiger partial charge in [-0.05, 0) is 24.5 Å². The van der Waals surface area contributed by atoms with Crippen LogP contribution in [0, 0.1) is 0 Å². The number of rotatable bonds is 3. The van der Waals surface area contributed by atoms with Crippen LogP contribution in [-0.4, -0.2) is 22.0 Å². The molecule has 1 N–H and O–H groups in total. The van der Waals surface area contributed by atoms with Crippen molar-refractivity contribution in [2.24, 2.45) is 0 Å². The second kappa shape index (κ2) is 4.24. The van der Waals surface area contributed by atoms with Crippen LogP contribution in [0.15, 0.2) is 18.2 Å². The van der Waals surface area contributed by atoms with Crippen molar-refractivity contribution in [2.75, 3.05) is 12.0 Å². The molecular weight excluding hydrogens is 216 g/mol. The Morgan fingerprint density at radius 2 is 2.36 bits per heavy atom. The zero-order valence-electron chi connectivity index (χ0n) is 7.88. The number of aryl methyl sites for hydroxylation is 1. The zero-order chi connectivity index (χ0) is 9.97. The highest BCUT2D eigenvalue weighted by molar-refractivity contribution is 7.98. The van der Waals surface area contributed by atoms with Crippen molar-refractivity contribution in [2.45, 2.75) is 6.42 Å². The molecule has 1 aromatic heterocycles. The molecule has 0 aliphatic rings. The molecule has 2 nitrogen and oxygen atoms in total. The van der Waals surface area contributed by atoms with Gasteiger partial charge in [0.1, 0.15) is 5.82 Å². The van der Waals surface area contributed by atoms with E-state index in [0.29, 0.717) is 0 Å². The molecule has 0 saturated heterocycles. The summed E-state index contributed by atoms with van der Waals surface area (Å²) in [7, 11) is 0. The van der Waals surface area contributed by atoms with E-state index in [2.05, 4.69) is 16.2 Å². The van der Waals surface area contributed by atoms with Gasteiger partial charge in [-0.1, -0.05) is 11.6 Å². The van der Waals surface area contributed by atoms with Gasteiger partial charge in [-0.2, -0.15) is 11.8 Å². The highest BCUT2D eigenvalue weighted by Crippen LogP contribution is 2.17. The first kappa shape index (κ1) is 9.87. The number of aromatic nitrogens is 2. The lowest BCUT2D eigenvalue weighted by Gasteiger charge is -1.90. The third-order valence-corrected chi connectivity index (χ3v) is 2.88. The number of nitrogens with one attached hydrogen (secondary N) is 1. The second-order valence-electron chi connectivity index (χ2n) is 3.09. The molecule has 0 radical (unpaired) electrons. The van der Waals surface area contributed by atoms with Gasteiger partial charge in [-0.15, -0.1) is 0 Å². The summed E-state index contributed by atoms with van der Waals surface area (Å²) < 4.78 is 0. The Labute approximate surface area is 92.1 Å². The van der Waals surface area contributed by atoms with E-state index in [1.165, 1.54) is 0 Å². The molecule has 2 aromatic rings. The topological polar surface area (TPSA) is 28.7 Å². The highest BCUT2D eigenvalue weighted by atomic mass is 35.5. The third kappa shape index (κ3) is 2.04. The third-order valence-electron chi connectivity index (χ3n) is 2.04. The Morgan fingerprint density at radius 1 is 1.50 bits per heavy atom. The van der Waals surface area contributed by atoms with Crippen molar-refractivity contribution in [3.63, 3.8) is 0 Å². The maximum Gasteiger partial charge on any atom is 0.108 e. The standard InChI is InChI=1S/C10H11ClN2S/c1-14-5-4-10-12-8-3-2-7(11)6-9(8)13-10/h2-3,6H,4-5H2,1H3,(H,12,13). The van der Waals surface area contributed by atoms with Crippen LogP contribution in [0.25, 0.3) is 11.0 Å². The lowest BCUT2D eigenvalue weighted by Crippen LogP contribution is -1.89. The number of halogens is 1. The van der Waals surface area contributed by atoms with Crippen LogP contribution in [0.2, 0.25) is 5.02 Å². The lowest BCUT2D eigenvalue weighted by atomic mass is 10.3. The summed E-state index contributed by atoms with van der Waals surface area (Å²) in [5.74, 6) is 2.13. The van der Waals surface area contributed by atoms with E-state index in [9.17, 15) is 0 Å². The van der Waals surface area contributed by atoms with Gasteiger partial charge in [-0.3, -0.25) is 0 Å². The predicted molar refractivity (Wildman–Crippen MR) is 63.2 cm³/mol. The molecule has 0 saturated carbocycles. The molecule has 0 unspecified atom stereocenters. The summed E-state index contributed by atoms with van der Waals surface area (Å²) in [6.45, 7) is 0. The number of hydrogen-bond acceptors (Lipinski definition) is 2. The molecule has 0 aliphatic heterocycles. The maximum absolute atomic E-state index is 5.88. The minimum absolute atomic E-state index is 0.748. The molecule has 4 heteroatoms. The van der Waals surface area contributed by atoms with E-state index >= 15 is 0 Å². The fourth-order valence-corrected chi connectivity index (χ4v) is 1.92. The molecular formula is C10H11ClN2S. The van der Waals surface area contributed by atoms with E-state index in [0.717, 1.165) is 34.1 Å². The molecule has 0 amide bonds. The minimum Gasteiger partial charge on any atom is -0.342 e. The summed E-state index contributed by atoms with van der Waals surface area (Å²) in [4.78, 5) is 7.73. The maximum atomic E-state index is 5.88. The summed E-state index contributed by atoms with van der Waals surface area (Å²) in [5, 5.41) is 0.748. The van der Waals surface area contributed by atoms with Crippen molar-refractivity contribution in [3.05, 3.63) is 29.0 Å². The zero-order valence-corrected chi connectivity index (χ0v) is 9.45. The summed E-state index contributed by atoms with van der Waals surface area (Å²) >= 11 is 7.70. The number of thioether (sulfide) groups is 1. The summed E-state index contributed by atoms with van der Waals surface area (Å²) in [5.41, 5.74) is 2.01. The summed E-state index contributed by atoms with van der Waals surface area (Å²) in [6, 6.07) is 5.71. The van der Waals surface area contributed by atoms with Crippen LogP contribution in [0.5, 0.6) is 0 Å². The second-order valence-corrected chi connectivity index (χ2v) is 4.51. The van der Waals surface area contributed by atoms with E-state index in [1.54, 1.807) is 0 Å². The molecule has 0 spiro atoms. The van der Waals surface area contributed by atoms with Gasteiger partial charge in [0.25, 0.3) is 0 Å². The van der Waals surface area contributed by atoms with Gasteiger partial charge < -0.3 is 4.98 Å². The Morgan fingerprint density at radius 3 is 3.14 bits per heavy atom. The molecule has 14 heavy (non-hydrogen) atoms. The van der Waals surface area contributed by atoms with Gasteiger partial charge >= 0.3 is 0 Å². The summed E-state index contributed by atoms with van der Waals surface area (Å²) in [6.07, 6.45) is 3.08. The van der Waals surface area contributed by atoms with Gasteiger partial charge in [0.05, 0.1) is 11.0 Å².